The molecule has 0 amide bonds. The van der Waals surface area contributed by atoms with Crippen LogP contribution in [0.3, 0.4) is 0 Å². The first-order chi connectivity index (χ1) is 9.93. The first-order valence-corrected chi connectivity index (χ1v) is 7.55. The van der Waals surface area contributed by atoms with E-state index >= 15 is 0 Å². The number of aromatic hydroxyl groups is 1. The van der Waals surface area contributed by atoms with E-state index in [1.807, 2.05) is 19.1 Å². The lowest BCUT2D eigenvalue weighted by Gasteiger charge is -2.19. The third-order valence-corrected chi connectivity index (χ3v) is 3.84. The summed E-state index contributed by atoms with van der Waals surface area (Å²) in [5.41, 5.74) is 4.48. The van der Waals surface area contributed by atoms with E-state index < -0.39 is 0 Å². The molecule has 114 valence electrons. The molecular weight excluding hydrogens is 262 g/mol. The van der Waals surface area contributed by atoms with E-state index in [0.717, 1.165) is 17.8 Å². The van der Waals surface area contributed by atoms with Crippen molar-refractivity contribution in [3.63, 3.8) is 0 Å². The van der Waals surface area contributed by atoms with Crippen LogP contribution in [-0.4, -0.2) is 14.9 Å². The molecule has 2 rings (SSSR count). The summed E-state index contributed by atoms with van der Waals surface area (Å²) in [5, 5.41) is 17.7. The predicted octanol–water partition coefficient (Wildman–Crippen LogP) is 4.35. The summed E-state index contributed by atoms with van der Waals surface area (Å²) in [6.45, 7) is 10.6. The maximum Gasteiger partial charge on any atom is 0.115 e. The van der Waals surface area contributed by atoms with Crippen molar-refractivity contribution in [2.24, 2.45) is 0 Å². The van der Waals surface area contributed by atoms with Gasteiger partial charge in [-0.1, -0.05) is 19.1 Å². The second kappa shape index (κ2) is 6.20. The van der Waals surface area contributed by atoms with Crippen LogP contribution in [0.25, 0.3) is 0 Å². The van der Waals surface area contributed by atoms with Crippen molar-refractivity contribution in [2.75, 3.05) is 5.32 Å². The number of phenolic OH excluding ortho intramolecular Hbond substituents is 1. The van der Waals surface area contributed by atoms with Gasteiger partial charge in [0.15, 0.2) is 0 Å². The normalized spacial score (nSPS) is 12.7. The van der Waals surface area contributed by atoms with Gasteiger partial charge in [0.1, 0.15) is 5.75 Å². The zero-order valence-electron chi connectivity index (χ0n) is 13.5. The molecule has 0 aliphatic heterocycles. The highest BCUT2D eigenvalue weighted by molar-refractivity contribution is 5.54. The monoisotopic (exact) mass is 287 g/mol. The quantitative estimate of drug-likeness (QED) is 0.859. The Labute approximate surface area is 126 Å². The van der Waals surface area contributed by atoms with Gasteiger partial charge in [0.2, 0.25) is 0 Å². The zero-order valence-corrected chi connectivity index (χ0v) is 13.5. The van der Waals surface area contributed by atoms with E-state index in [9.17, 15) is 5.11 Å². The highest BCUT2D eigenvalue weighted by Gasteiger charge is 2.17. The topological polar surface area (TPSA) is 50.1 Å². The van der Waals surface area contributed by atoms with Crippen molar-refractivity contribution in [3.05, 3.63) is 41.2 Å². The molecule has 0 bridgehead atoms. The van der Waals surface area contributed by atoms with Crippen LogP contribution in [0.2, 0.25) is 0 Å². The van der Waals surface area contributed by atoms with Crippen molar-refractivity contribution in [3.8, 4) is 5.75 Å². The number of phenols is 1. The lowest BCUT2D eigenvalue weighted by Crippen LogP contribution is -2.11. The minimum Gasteiger partial charge on any atom is -0.508 e. The van der Waals surface area contributed by atoms with Gasteiger partial charge < -0.3 is 10.4 Å². The van der Waals surface area contributed by atoms with Crippen molar-refractivity contribution < 1.29 is 5.11 Å². The van der Waals surface area contributed by atoms with Gasteiger partial charge in [0.05, 0.1) is 23.1 Å². The van der Waals surface area contributed by atoms with Crippen LogP contribution < -0.4 is 5.32 Å². The fourth-order valence-corrected chi connectivity index (χ4v) is 2.68. The summed E-state index contributed by atoms with van der Waals surface area (Å²) < 4.78 is 2.06. The molecule has 1 atom stereocenters. The van der Waals surface area contributed by atoms with Gasteiger partial charge >= 0.3 is 0 Å². The van der Waals surface area contributed by atoms with Gasteiger partial charge in [-0.3, -0.25) is 4.68 Å². The number of rotatable bonds is 5. The Hall–Kier alpha value is -1.97. The molecule has 1 heterocycles. The minimum atomic E-state index is 0.216. The number of hydrogen-bond donors (Lipinski definition) is 2. The second-order valence-corrected chi connectivity index (χ2v) is 5.78. The molecule has 21 heavy (non-hydrogen) atoms. The van der Waals surface area contributed by atoms with E-state index in [-0.39, 0.29) is 6.04 Å². The lowest BCUT2D eigenvalue weighted by molar-refractivity contribution is 0.475. The van der Waals surface area contributed by atoms with E-state index in [4.69, 9.17) is 0 Å². The third-order valence-electron chi connectivity index (χ3n) is 3.84. The van der Waals surface area contributed by atoms with Crippen molar-refractivity contribution in [1.29, 1.82) is 0 Å². The fourth-order valence-electron chi connectivity index (χ4n) is 2.68. The number of nitrogens with zero attached hydrogens (tertiary/aromatic N) is 2. The summed E-state index contributed by atoms with van der Waals surface area (Å²) in [6, 6.07) is 7.97. The molecule has 2 aromatic rings. The zero-order chi connectivity index (χ0) is 15.6. The van der Waals surface area contributed by atoms with Gasteiger partial charge in [-0.05, 0) is 51.8 Å². The average Bonchev–Trinajstić information content (AvgIpc) is 2.73. The van der Waals surface area contributed by atoms with Gasteiger partial charge in [0.25, 0.3) is 0 Å². The maximum absolute atomic E-state index is 9.42. The Morgan fingerprint density at radius 1 is 1.19 bits per heavy atom. The minimum absolute atomic E-state index is 0.216. The van der Waals surface area contributed by atoms with Crippen molar-refractivity contribution in [2.45, 2.75) is 53.1 Å². The molecule has 4 nitrogen and oxygen atoms in total. The Morgan fingerprint density at radius 3 is 2.29 bits per heavy atom. The lowest BCUT2D eigenvalue weighted by atomic mass is 10.0. The van der Waals surface area contributed by atoms with Gasteiger partial charge in [-0.25, -0.2) is 0 Å². The van der Waals surface area contributed by atoms with Crippen LogP contribution >= 0.6 is 0 Å². The molecular formula is C17H25N3O. The SMILES string of the molecule is CCC(Nc1c(C)nn(C(C)C)c1C)c1ccc(O)cc1. The van der Waals surface area contributed by atoms with Gasteiger partial charge in [-0.15, -0.1) is 0 Å². The number of aryl methyl sites for hydroxylation is 1. The molecule has 1 aromatic heterocycles. The Morgan fingerprint density at radius 2 is 1.81 bits per heavy atom. The molecule has 0 fully saturated rings. The van der Waals surface area contributed by atoms with Crippen molar-refractivity contribution >= 4 is 5.69 Å². The average molecular weight is 287 g/mol. The smallest absolute Gasteiger partial charge is 0.115 e. The third kappa shape index (κ3) is 3.20. The molecule has 4 heteroatoms. The molecule has 0 saturated heterocycles. The van der Waals surface area contributed by atoms with Gasteiger partial charge in [0, 0.05) is 6.04 Å². The molecule has 0 aliphatic rings. The number of nitrogens with one attached hydrogen (secondary N) is 1. The Kier molecular flexibility index (Phi) is 4.56. The maximum atomic E-state index is 9.42. The molecule has 2 N–H and O–H groups in total. The first-order valence-electron chi connectivity index (χ1n) is 7.55. The predicted molar refractivity (Wildman–Crippen MR) is 86.8 cm³/mol. The first kappa shape index (κ1) is 15.4. The highest BCUT2D eigenvalue weighted by atomic mass is 16.3. The molecule has 0 spiro atoms. The Balaban J connectivity index is 2.29. The summed E-state index contributed by atoms with van der Waals surface area (Å²) >= 11 is 0. The van der Waals surface area contributed by atoms with Gasteiger partial charge in [-0.2, -0.15) is 5.10 Å². The molecule has 1 unspecified atom stereocenters. The van der Waals surface area contributed by atoms with Crippen LogP contribution in [0.4, 0.5) is 5.69 Å². The molecule has 0 aliphatic carbocycles. The summed E-state index contributed by atoms with van der Waals surface area (Å²) in [6.07, 6.45) is 0.969. The summed E-state index contributed by atoms with van der Waals surface area (Å²) in [5.74, 6) is 0.300. The van der Waals surface area contributed by atoms with E-state index in [1.54, 1.807) is 12.1 Å². The van der Waals surface area contributed by atoms with Crippen LogP contribution in [-0.2, 0) is 0 Å². The fraction of sp³-hybridized carbons (Fsp3) is 0.471. The van der Waals surface area contributed by atoms with E-state index in [1.165, 1.54) is 11.3 Å². The molecule has 1 aromatic carbocycles. The standard InChI is InChI=1S/C17H25N3O/c1-6-16(14-7-9-15(21)10-8-14)18-17-12(4)19-20(11(2)3)13(17)5/h7-11,16,18,21H,6H2,1-5H3. The summed E-state index contributed by atoms with van der Waals surface area (Å²) in [7, 11) is 0. The van der Waals surface area contributed by atoms with Crippen LogP contribution in [0.1, 0.15) is 56.2 Å². The summed E-state index contributed by atoms with van der Waals surface area (Å²) in [4.78, 5) is 0. The second-order valence-electron chi connectivity index (χ2n) is 5.78. The van der Waals surface area contributed by atoms with Crippen LogP contribution in [0.5, 0.6) is 5.75 Å². The van der Waals surface area contributed by atoms with E-state index in [0.29, 0.717) is 11.8 Å². The number of aromatic nitrogens is 2. The number of anilines is 1. The van der Waals surface area contributed by atoms with E-state index in [2.05, 4.69) is 42.8 Å². The van der Waals surface area contributed by atoms with Crippen LogP contribution in [0, 0.1) is 13.8 Å². The highest BCUT2D eigenvalue weighted by Crippen LogP contribution is 2.29. The number of hydrogen-bond acceptors (Lipinski definition) is 3. The molecule has 0 saturated carbocycles. The number of benzene rings is 1. The van der Waals surface area contributed by atoms with Crippen LogP contribution in [0.15, 0.2) is 24.3 Å². The van der Waals surface area contributed by atoms with Crippen molar-refractivity contribution in [1.82, 2.24) is 9.78 Å². The Bertz CT molecular complexity index is 599. The largest absolute Gasteiger partial charge is 0.508 e. The molecule has 0 radical (unpaired) electrons.